The molecule has 3 N–H and O–H groups in total. The smallest absolute Gasteiger partial charge is 0.224 e. The van der Waals surface area contributed by atoms with E-state index in [0.29, 0.717) is 12.3 Å². The van der Waals surface area contributed by atoms with Gasteiger partial charge in [-0.25, -0.2) is 0 Å². The normalized spacial score (nSPS) is 10.6. The number of amides is 1. The molecular weight excluding hydrogens is 212 g/mol. The van der Waals surface area contributed by atoms with E-state index < -0.39 is 0 Å². The molecule has 1 aromatic carbocycles. The highest BCUT2D eigenvalue weighted by molar-refractivity contribution is 5.92. The topological polar surface area (TPSA) is 55.1 Å². The van der Waals surface area contributed by atoms with Crippen LogP contribution in [0.2, 0.25) is 0 Å². The number of carbonyl (C=O) groups excluding carboxylic acids is 1. The maximum absolute atomic E-state index is 11.7. The molecule has 0 fully saturated rings. The van der Waals surface area contributed by atoms with Gasteiger partial charge in [-0.2, -0.15) is 0 Å². The quantitative estimate of drug-likeness (QED) is 0.786. The fourth-order valence-corrected chi connectivity index (χ4v) is 1.64. The van der Waals surface area contributed by atoms with Crippen molar-refractivity contribution in [2.45, 2.75) is 40.5 Å². The molecular formula is C14H22N2O. The Hall–Kier alpha value is -1.51. The highest BCUT2D eigenvalue weighted by Gasteiger charge is 2.07. The Morgan fingerprint density at radius 2 is 1.94 bits per heavy atom. The second-order valence-corrected chi connectivity index (χ2v) is 5.00. The Bertz CT molecular complexity index is 411. The molecule has 3 nitrogen and oxygen atoms in total. The van der Waals surface area contributed by atoms with Gasteiger partial charge in [0.25, 0.3) is 0 Å². The Morgan fingerprint density at radius 1 is 1.29 bits per heavy atom. The van der Waals surface area contributed by atoms with Crippen molar-refractivity contribution in [3.63, 3.8) is 0 Å². The van der Waals surface area contributed by atoms with Crippen molar-refractivity contribution in [3.05, 3.63) is 23.3 Å². The summed E-state index contributed by atoms with van der Waals surface area (Å²) in [6.07, 6.45) is 1.47. The van der Waals surface area contributed by atoms with Crippen LogP contribution in [0.5, 0.6) is 0 Å². The molecule has 0 unspecified atom stereocenters. The molecule has 94 valence electrons. The molecule has 0 heterocycles. The van der Waals surface area contributed by atoms with Gasteiger partial charge in [0.2, 0.25) is 5.91 Å². The van der Waals surface area contributed by atoms with Gasteiger partial charge in [-0.1, -0.05) is 19.9 Å². The van der Waals surface area contributed by atoms with Crippen LogP contribution < -0.4 is 11.1 Å². The zero-order valence-electron chi connectivity index (χ0n) is 11.1. The maximum atomic E-state index is 11.7. The number of rotatable bonds is 4. The Labute approximate surface area is 103 Å². The molecule has 3 heteroatoms. The number of nitrogen functional groups attached to an aromatic ring is 1. The molecule has 1 amide bonds. The molecule has 17 heavy (non-hydrogen) atoms. The van der Waals surface area contributed by atoms with Crippen LogP contribution in [-0.2, 0) is 4.79 Å². The van der Waals surface area contributed by atoms with E-state index >= 15 is 0 Å². The van der Waals surface area contributed by atoms with Crippen LogP contribution in [0.15, 0.2) is 12.1 Å². The predicted molar refractivity (Wildman–Crippen MR) is 73.0 cm³/mol. The maximum Gasteiger partial charge on any atom is 0.224 e. The lowest BCUT2D eigenvalue weighted by molar-refractivity contribution is -0.116. The standard InChI is InChI=1S/C14H22N2O/c1-9(2)5-6-14(17)16-13-8-12(15)10(3)7-11(13)4/h7-9H,5-6,15H2,1-4H3,(H,16,17). The van der Waals surface area contributed by atoms with Crippen molar-refractivity contribution in [2.24, 2.45) is 5.92 Å². The van der Waals surface area contributed by atoms with Crippen molar-refractivity contribution in [2.75, 3.05) is 11.1 Å². The summed E-state index contributed by atoms with van der Waals surface area (Å²) in [6, 6.07) is 3.82. The van der Waals surface area contributed by atoms with Crippen LogP contribution in [0.1, 0.15) is 37.8 Å². The van der Waals surface area contributed by atoms with Gasteiger partial charge in [0.1, 0.15) is 0 Å². The first-order valence-corrected chi connectivity index (χ1v) is 6.06. The van der Waals surface area contributed by atoms with Crippen LogP contribution in [0, 0.1) is 19.8 Å². The predicted octanol–water partition coefficient (Wildman–Crippen LogP) is 3.26. The first-order valence-electron chi connectivity index (χ1n) is 6.06. The molecule has 0 aliphatic carbocycles. The highest BCUT2D eigenvalue weighted by atomic mass is 16.1. The number of nitrogens with one attached hydrogen (secondary N) is 1. The third-order valence-electron chi connectivity index (χ3n) is 2.84. The van der Waals surface area contributed by atoms with Crippen LogP contribution in [0.25, 0.3) is 0 Å². The van der Waals surface area contributed by atoms with Gasteiger partial charge in [0.15, 0.2) is 0 Å². The summed E-state index contributed by atoms with van der Waals surface area (Å²) in [5, 5.41) is 2.91. The lowest BCUT2D eigenvalue weighted by Crippen LogP contribution is -2.13. The van der Waals surface area contributed by atoms with Gasteiger partial charge in [0, 0.05) is 17.8 Å². The Morgan fingerprint density at radius 3 is 2.53 bits per heavy atom. The van der Waals surface area contributed by atoms with Crippen molar-refractivity contribution < 1.29 is 4.79 Å². The van der Waals surface area contributed by atoms with E-state index in [9.17, 15) is 4.79 Å². The highest BCUT2D eigenvalue weighted by Crippen LogP contribution is 2.22. The SMILES string of the molecule is Cc1cc(C)c(NC(=O)CCC(C)C)cc1N. The van der Waals surface area contributed by atoms with Gasteiger partial charge in [-0.05, 0) is 43.4 Å². The second-order valence-electron chi connectivity index (χ2n) is 5.00. The van der Waals surface area contributed by atoms with Gasteiger partial charge in [-0.15, -0.1) is 0 Å². The lowest BCUT2D eigenvalue weighted by Gasteiger charge is -2.11. The second kappa shape index (κ2) is 5.71. The lowest BCUT2D eigenvalue weighted by atomic mass is 10.1. The first-order chi connectivity index (χ1) is 7.90. The van der Waals surface area contributed by atoms with E-state index in [0.717, 1.165) is 28.9 Å². The van der Waals surface area contributed by atoms with Gasteiger partial charge in [-0.3, -0.25) is 4.79 Å². The summed E-state index contributed by atoms with van der Waals surface area (Å²) >= 11 is 0. The number of carbonyl (C=O) groups is 1. The van der Waals surface area contributed by atoms with Crippen molar-refractivity contribution in [1.29, 1.82) is 0 Å². The molecule has 1 aromatic rings. The fraction of sp³-hybridized carbons (Fsp3) is 0.500. The molecule has 0 radical (unpaired) electrons. The van der Waals surface area contributed by atoms with Crippen LogP contribution in [-0.4, -0.2) is 5.91 Å². The van der Waals surface area contributed by atoms with Crippen molar-refractivity contribution in [3.8, 4) is 0 Å². The number of hydrogen-bond acceptors (Lipinski definition) is 2. The number of aryl methyl sites for hydroxylation is 2. The van der Waals surface area contributed by atoms with E-state index in [4.69, 9.17) is 5.73 Å². The monoisotopic (exact) mass is 234 g/mol. The average molecular weight is 234 g/mol. The minimum atomic E-state index is 0.0602. The van der Waals surface area contributed by atoms with Crippen LogP contribution in [0.4, 0.5) is 11.4 Å². The summed E-state index contributed by atoms with van der Waals surface area (Å²) in [4.78, 5) is 11.7. The van der Waals surface area contributed by atoms with Gasteiger partial charge < -0.3 is 11.1 Å². The zero-order valence-corrected chi connectivity index (χ0v) is 11.1. The molecule has 0 saturated carbocycles. The molecule has 1 rings (SSSR count). The number of nitrogens with two attached hydrogens (primary N) is 1. The molecule has 0 spiro atoms. The van der Waals surface area contributed by atoms with E-state index in [1.54, 1.807) is 0 Å². The largest absolute Gasteiger partial charge is 0.398 e. The molecule has 0 bridgehead atoms. The first kappa shape index (κ1) is 13.6. The number of benzene rings is 1. The summed E-state index contributed by atoms with van der Waals surface area (Å²) in [5.41, 5.74) is 9.47. The molecule has 0 aliphatic heterocycles. The van der Waals surface area contributed by atoms with Gasteiger partial charge >= 0.3 is 0 Å². The third-order valence-corrected chi connectivity index (χ3v) is 2.84. The van der Waals surface area contributed by atoms with Crippen molar-refractivity contribution >= 4 is 17.3 Å². The molecule has 0 aliphatic rings. The summed E-state index contributed by atoms with van der Waals surface area (Å²) < 4.78 is 0. The molecule has 0 aromatic heterocycles. The summed E-state index contributed by atoms with van der Waals surface area (Å²) in [6.45, 7) is 8.17. The fourth-order valence-electron chi connectivity index (χ4n) is 1.64. The molecule has 0 atom stereocenters. The Kier molecular flexibility index (Phi) is 4.55. The minimum Gasteiger partial charge on any atom is -0.398 e. The van der Waals surface area contributed by atoms with E-state index in [1.807, 2.05) is 26.0 Å². The van der Waals surface area contributed by atoms with E-state index in [-0.39, 0.29) is 5.91 Å². The van der Waals surface area contributed by atoms with E-state index in [1.165, 1.54) is 0 Å². The molecule has 0 saturated heterocycles. The zero-order chi connectivity index (χ0) is 13.0. The minimum absolute atomic E-state index is 0.0602. The van der Waals surface area contributed by atoms with E-state index in [2.05, 4.69) is 19.2 Å². The number of anilines is 2. The Balaban J connectivity index is 2.68. The average Bonchev–Trinajstić information content (AvgIpc) is 2.23. The third kappa shape index (κ3) is 4.10. The van der Waals surface area contributed by atoms with Crippen LogP contribution >= 0.6 is 0 Å². The summed E-state index contributed by atoms with van der Waals surface area (Å²) in [5.74, 6) is 0.606. The van der Waals surface area contributed by atoms with Crippen molar-refractivity contribution in [1.82, 2.24) is 0 Å². The van der Waals surface area contributed by atoms with Crippen LogP contribution in [0.3, 0.4) is 0 Å². The van der Waals surface area contributed by atoms with Gasteiger partial charge in [0.05, 0.1) is 0 Å². The summed E-state index contributed by atoms with van der Waals surface area (Å²) in [7, 11) is 0. The number of hydrogen-bond donors (Lipinski definition) is 2.